The summed E-state index contributed by atoms with van der Waals surface area (Å²) in [5.41, 5.74) is 3.36. The maximum absolute atomic E-state index is 10.8. The molecule has 0 radical (unpaired) electrons. The number of rotatable bonds is 11. The zero-order valence-electron chi connectivity index (χ0n) is 20.0. The lowest BCUT2D eigenvalue weighted by atomic mass is 10.2. The SMILES string of the molecule is O=[N+]([O-])c1ccc(C=Nc2ccccc2SCCSc2ccccc2N=Cc2ccc([N+](=O)[O-])cc2)cc1. The molecule has 0 saturated heterocycles. The second kappa shape index (κ2) is 13.3. The molecule has 0 spiro atoms. The Morgan fingerprint density at radius 3 is 1.32 bits per heavy atom. The molecule has 0 heterocycles. The van der Waals surface area contributed by atoms with E-state index >= 15 is 0 Å². The first-order valence-corrected chi connectivity index (χ1v) is 13.5. The monoisotopic (exact) mass is 542 g/mol. The zero-order chi connectivity index (χ0) is 26.7. The summed E-state index contributed by atoms with van der Waals surface area (Å²) in [6, 6.07) is 28.3. The van der Waals surface area contributed by atoms with Crippen LogP contribution in [0.3, 0.4) is 0 Å². The highest BCUT2D eigenvalue weighted by Gasteiger charge is 2.06. The number of para-hydroxylation sites is 2. The van der Waals surface area contributed by atoms with Gasteiger partial charge in [0, 0.05) is 58.0 Å². The van der Waals surface area contributed by atoms with Crippen molar-refractivity contribution in [2.45, 2.75) is 9.79 Å². The van der Waals surface area contributed by atoms with Gasteiger partial charge < -0.3 is 0 Å². The summed E-state index contributed by atoms with van der Waals surface area (Å²) in [6.45, 7) is 0. The Hall–Kier alpha value is -4.28. The topological polar surface area (TPSA) is 111 Å². The first-order chi connectivity index (χ1) is 18.5. The molecule has 0 bridgehead atoms. The summed E-state index contributed by atoms with van der Waals surface area (Å²) in [5, 5.41) is 21.7. The summed E-state index contributed by atoms with van der Waals surface area (Å²) < 4.78 is 0. The van der Waals surface area contributed by atoms with Crippen LogP contribution in [0, 0.1) is 20.2 Å². The third kappa shape index (κ3) is 7.61. The molecule has 0 aliphatic rings. The molecule has 4 aromatic rings. The molecule has 4 rings (SSSR count). The van der Waals surface area contributed by atoms with Gasteiger partial charge in [0.1, 0.15) is 0 Å². The average Bonchev–Trinajstić information content (AvgIpc) is 2.94. The fourth-order valence-corrected chi connectivity index (χ4v) is 5.32. The number of hydrogen-bond acceptors (Lipinski definition) is 8. The van der Waals surface area contributed by atoms with Crippen molar-refractivity contribution in [1.29, 1.82) is 0 Å². The average molecular weight is 543 g/mol. The lowest BCUT2D eigenvalue weighted by molar-refractivity contribution is -0.385. The Labute approximate surface area is 227 Å². The number of nitro groups is 2. The molecule has 0 saturated carbocycles. The van der Waals surface area contributed by atoms with E-state index in [0.29, 0.717) is 0 Å². The first kappa shape index (κ1) is 26.8. The highest BCUT2D eigenvalue weighted by Crippen LogP contribution is 2.33. The van der Waals surface area contributed by atoms with Crippen LogP contribution in [0.25, 0.3) is 0 Å². The van der Waals surface area contributed by atoms with Gasteiger partial charge >= 0.3 is 0 Å². The Morgan fingerprint density at radius 1 is 0.579 bits per heavy atom. The van der Waals surface area contributed by atoms with Crippen LogP contribution < -0.4 is 0 Å². The molecule has 8 nitrogen and oxygen atoms in total. The molecule has 190 valence electrons. The van der Waals surface area contributed by atoms with E-state index < -0.39 is 9.85 Å². The number of hydrogen-bond donors (Lipinski definition) is 0. The molecule has 4 aromatic carbocycles. The van der Waals surface area contributed by atoms with Crippen molar-refractivity contribution in [3.63, 3.8) is 0 Å². The van der Waals surface area contributed by atoms with E-state index in [1.165, 1.54) is 24.3 Å². The van der Waals surface area contributed by atoms with Crippen LogP contribution in [0.1, 0.15) is 11.1 Å². The summed E-state index contributed by atoms with van der Waals surface area (Å²) in [5.74, 6) is 1.71. The zero-order valence-corrected chi connectivity index (χ0v) is 21.7. The van der Waals surface area contributed by atoms with Crippen molar-refractivity contribution in [3.05, 3.63) is 128 Å². The highest BCUT2D eigenvalue weighted by molar-refractivity contribution is 8.03. The number of non-ortho nitro benzene ring substituents is 2. The van der Waals surface area contributed by atoms with Gasteiger partial charge in [-0.05, 0) is 59.7 Å². The fraction of sp³-hybridized carbons (Fsp3) is 0.0714. The quantitative estimate of drug-likeness (QED) is 0.0626. The number of benzene rings is 4. The third-order valence-corrected chi connectivity index (χ3v) is 7.63. The molecule has 0 atom stereocenters. The summed E-state index contributed by atoms with van der Waals surface area (Å²) in [7, 11) is 0. The van der Waals surface area contributed by atoms with Crippen LogP contribution in [-0.2, 0) is 0 Å². The lowest BCUT2D eigenvalue weighted by Gasteiger charge is -2.07. The minimum Gasteiger partial charge on any atom is -0.258 e. The second-order valence-electron chi connectivity index (χ2n) is 7.85. The maximum atomic E-state index is 10.8. The standard InChI is InChI=1S/C28H22N4O4S2/c33-31(34)23-13-9-21(10-14-23)19-29-25-5-1-3-7-27(25)37-17-18-38-28-8-4-2-6-26(28)30-20-22-11-15-24(16-12-22)32(35)36/h1-16,19-20H,17-18H2. The number of aliphatic imine (C=N–C) groups is 2. The van der Waals surface area contributed by atoms with Crippen LogP contribution in [0.15, 0.2) is 117 Å². The van der Waals surface area contributed by atoms with Crippen molar-refractivity contribution in [2.24, 2.45) is 9.98 Å². The molecule has 0 fully saturated rings. The Morgan fingerprint density at radius 2 is 0.947 bits per heavy atom. The van der Waals surface area contributed by atoms with E-state index in [9.17, 15) is 20.2 Å². The lowest BCUT2D eigenvalue weighted by Crippen LogP contribution is -1.89. The van der Waals surface area contributed by atoms with Crippen molar-refractivity contribution in [3.8, 4) is 0 Å². The van der Waals surface area contributed by atoms with Crippen molar-refractivity contribution in [2.75, 3.05) is 11.5 Å². The first-order valence-electron chi connectivity index (χ1n) is 11.5. The summed E-state index contributed by atoms with van der Waals surface area (Å²) in [6.07, 6.45) is 3.41. The van der Waals surface area contributed by atoms with Gasteiger partial charge in [-0.25, -0.2) is 0 Å². The van der Waals surface area contributed by atoms with Crippen LogP contribution in [0.5, 0.6) is 0 Å². The molecule has 0 amide bonds. The van der Waals surface area contributed by atoms with Gasteiger partial charge in [0.2, 0.25) is 0 Å². The third-order valence-electron chi connectivity index (χ3n) is 5.24. The molecule has 38 heavy (non-hydrogen) atoms. The molecule has 10 heteroatoms. The van der Waals surface area contributed by atoms with Crippen LogP contribution in [0.4, 0.5) is 22.7 Å². The van der Waals surface area contributed by atoms with E-state index in [-0.39, 0.29) is 11.4 Å². The molecule has 0 aliphatic heterocycles. The molecule has 0 unspecified atom stereocenters. The van der Waals surface area contributed by atoms with Gasteiger partial charge in [0.05, 0.1) is 21.2 Å². The van der Waals surface area contributed by atoms with Gasteiger partial charge in [-0.2, -0.15) is 0 Å². The number of thioether (sulfide) groups is 2. The van der Waals surface area contributed by atoms with Gasteiger partial charge in [0.25, 0.3) is 11.4 Å². The normalized spacial score (nSPS) is 11.3. The predicted octanol–water partition coefficient (Wildman–Crippen LogP) is 7.89. The minimum atomic E-state index is -0.422. The van der Waals surface area contributed by atoms with Crippen molar-refractivity contribution < 1.29 is 9.85 Å². The van der Waals surface area contributed by atoms with Crippen LogP contribution >= 0.6 is 23.5 Å². The Bertz CT molecular complexity index is 1360. The summed E-state index contributed by atoms with van der Waals surface area (Å²) >= 11 is 3.42. The van der Waals surface area contributed by atoms with E-state index in [4.69, 9.17) is 0 Å². The second-order valence-corrected chi connectivity index (χ2v) is 10.1. The maximum Gasteiger partial charge on any atom is 0.269 e. The molecule has 0 N–H and O–H groups in total. The van der Waals surface area contributed by atoms with E-state index in [2.05, 4.69) is 9.98 Å². The van der Waals surface area contributed by atoms with E-state index in [1.807, 2.05) is 48.5 Å². The van der Waals surface area contributed by atoms with Gasteiger partial charge in [-0.15, -0.1) is 23.5 Å². The molecule has 0 aromatic heterocycles. The highest BCUT2D eigenvalue weighted by atomic mass is 32.2. The fourth-order valence-electron chi connectivity index (χ4n) is 3.33. The van der Waals surface area contributed by atoms with Crippen LogP contribution in [-0.4, -0.2) is 33.8 Å². The predicted molar refractivity (Wildman–Crippen MR) is 155 cm³/mol. The van der Waals surface area contributed by atoms with E-state index in [1.54, 1.807) is 60.2 Å². The number of nitro benzene ring substituents is 2. The molecule has 0 aliphatic carbocycles. The minimum absolute atomic E-state index is 0.0502. The Balaban J connectivity index is 1.34. The molecular weight excluding hydrogens is 520 g/mol. The smallest absolute Gasteiger partial charge is 0.258 e. The van der Waals surface area contributed by atoms with Crippen LogP contribution in [0.2, 0.25) is 0 Å². The van der Waals surface area contributed by atoms with Crippen molar-refractivity contribution in [1.82, 2.24) is 0 Å². The van der Waals surface area contributed by atoms with Gasteiger partial charge in [-0.3, -0.25) is 30.2 Å². The Kier molecular flexibility index (Phi) is 9.38. The van der Waals surface area contributed by atoms with Gasteiger partial charge in [0.15, 0.2) is 0 Å². The van der Waals surface area contributed by atoms with Gasteiger partial charge in [-0.1, -0.05) is 24.3 Å². The van der Waals surface area contributed by atoms with Crippen molar-refractivity contribution >= 4 is 58.7 Å². The molecular formula is C28H22N4O4S2. The summed E-state index contributed by atoms with van der Waals surface area (Å²) in [4.78, 5) is 32.1. The van der Waals surface area contributed by atoms with E-state index in [0.717, 1.165) is 43.8 Å². The number of nitrogens with zero attached hydrogens (tertiary/aromatic N) is 4. The largest absolute Gasteiger partial charge is 0.269 e.